The summed E-state index contributed by atoms with van der Waals surface area (Å²) in [5.41, 5.74) is 1.90. The fraction of sp³-hybridized carbons (Fsp3) is 0.462. The number of aryl methyl sites for hydroxylation is 1. The first-order valence-corrected chi connectivity index (χ1v) is 13.8. The zero-order valence-corrected chi connectivity index (χ0v) is 22.1. The number of amides is 2. The maximum absolute atomic E-state index is 13.5. The van der Waals surface area contributed by atoms with Crippen LogP contribution in [0, 0.1) is 6.92 Å². The van der Waals surface area contributed by atoms with Gasteiger partial charge in [-0.25, -0.2) is 8.42 Å². The number of carbonyl (C=O) groups excluding carboxylic acids is 2. The van der Waals surface area contributed by atoms with Crippen molar-refractivity contribution in [1.29, 1.82) is 0 Å². The van der Waals surface area contributed by atoms with Gasteiger partial charge in [-0.2, -0.15) is 4.31 Å². The van der Waals surface area contributed by atoms with Crippen LogP contribution in [0.5, 0.6) is 0 Å². The predicted molar refractivity (Wildman–Crippen MR) is 137 cm³/mol. The van der Waals surface area contributed by atoms with Crippen LogP contribution in [0.4, 0.5) is 0 Å². The summed E-state index contributed by atoms with van der Waals surface area (Å²) in [5, 5.41) is 3.51. The highest BCUT2D eigenvalue weighted by Crippen LogP contribution is 2.20. The van der Waals surface area contributed by atoms with Gasteiger partial charge in [0, 0.05) is 24.7 Å². The van der Waals surface area contributed by atoms with E-state index in [4.69, 9.17) is 11.6 Å². The van der Waals surface area contributed by atoms with Crippen LogP contribution in [0.3, 0.4) is 0 Å². The quantitative estimate of drug-likeness (QED) is 0.539. The van der Waals surface area contributed by atoms with E-state index in [0.29, 0.717) is 5.02 Å². The monoisotopic (exact) mass is 519 g/mol. The summed E-state index contributed by atoms with van der Waals surface area (Å²) in [6.45, 7) is 3.46. The molecule has 7 nitrogen and oxygen atoms in total. The van der Waals surface area contributed by atoms with Crippen LogP contribution in [0.1, 0.15) is 50.2 Å². The Bertz CT molecular complexity index is 1130. The smallest absolute Gasteiger partial charge is 0.243 e. The molecule has 1 N–H and O–H groups in total. The topological polar surface area (TPSA) is 86.8 Å². The third-order valence-corrected chi connectivity index (χ3v) is 8.67. The van der Waals surface area contributed by atoms with Crippen molar-refractivity contribution in [2.24, 2.45) is 0 Å². The molecule has 0 radical (unpaired) electrons. The fourth-order valence-corrected chi connectivity index (χ4v) is 5.52. The largest absolute Gasteiger partial charge is 0.352 e. The van der Waals surface area contributed by atoms with E-state index < -0.39 is 28.5 Å². The summed E-state index contributed by atoms with van der Waals surface area (Å²) in [6, 6.07) is 12.8. The Labute approximate surface area is 213 Å². The number of sulfonamides is 1. The van der Waals surface area contributed by atoms with E-state index >= 15 is 0 Å². The molecule has 190 valence electrons. The Hall–Kier alpha value is -2.42. The standard InChI is InChI=1S/C26H34ClN3O4S/c1-19-9-7-8-10-21(19)17-30(20(2)26(32)28-23-11-5-4-6-12-23)25(31)18-29(3)35(33,34)24-15-13-22(27)14-16-24/h7-10,13-16,20,23H,4-6,11-12,17-18H2,1-3H3,(H,28,32)/t20-/m0/s1. The second kappa shape index (κ2) is 12.0. The van der Waals surface area contributed by atoms with E-state index in [-0.39, 0.29) is 23.4 Å². The number of benzene rings is 2. The molecule has 1 saturated carbocycles. The van der Waals surface area contributed by atoms with Crippen LogP contribution in [0.15, 0.2) is 53.4 Å². The van der Waals surface area contributed by atoms with E-state index in [1.165, 1.54) is 42.6 Å². The number of hydrogen-bond acceptors (Lipinski definition) is 4. The normalized spacial score (nSPS) is 15.6. The number of carbonyl (C=O) groups is 2. The molecule has 0 aliphatic heterocycles. The lowest BCUT2D eigenvalue weighted by Crippen LogP contribution is -2.52. The van der Waals surface area contributed by atoms with Crippen LogP contribution in [-0.2, 0) is 26.2 Å². The average molecular weight is 520 g/mol. The van der Waals surface area contributed by atoms with Crippen molar-refractivity contribution < 1.29 is 18.0 Å². The van der Waals surface area contributed by atoms with Crippen LogP contribution in [0.25, 0.3) is 0 Å². The highest BCUT2D eigenvalue weighted by molar-refractivity contribution is 7.89. The molecule has 0 saturated heterocycles. The molecule has 35 heavy (non-hydrogen) atoms. The van der Waals surface area contributed by atoms with Crippen molar-refractivity contribution in [2.75, 3.05) is 13.6 Å². The van der Waals surface area contributed by atoms with Gasteiger partial charge in [0.1, 0.15) is 6.04 Å². The second-order valence-corrected chi connectivity index (χ2v) is 11.7. The van der Waals surface area contributed by atoms with Crippen LogP contribution in [0.2, 0.25) is 5.02 Å². The summed E-state index contributed by atoms with van der Waals surface area (Å²) < 4.78 is 27.0. The zero-order chi connectivity index (χ0) is 25.6. The van der Waals surface area contributed by atoms with E-state index in [1.807, 2.05) is 31.2 Å². The molecule has 1 aliphatic carbocycles. The summed E-state index contributed by atoms with van der Waals surface area (Å²) in [5.74, 6) is -0.665. The van der Waals surface area contributed by atoms with Crippen molar-refractivity contribution >= 4 is 33.4 Å². The van der Waals surface area contributed by atoms with Gasteiger partial charge in [0.2, 0.25) is 21.8 Å². The lowest BCUT2D eigenvalue weighted by Gasteiger charge is -2.32. The summed E-state index contributed by atoms with van der Waals surface area (Å²) in [6.07, 6.45) is 5.21. The van der Waals surface area contributed by atoms with Gasteiger partial charge >= 0.3 is 0 Å². The number of hydrogen-bond donors (Lipinski definition) is 1. The van der Waals surface area contributed by atoms with Crippen molar-refractivity contribution in [1.82, 2.24) is 14.5 Å². The van der Waals surface area contributed by atoms with Crippen molar-refractivity contribution in [2.45, 2.75) is 69.5 Å². The summed E-state index contributed by atoms with van der Waals surface area (Å²) in [4.78, 5) is 28.1. The van der Waals surface area contributed by atoms with Crippen molar-refractivity contribution in [3.8, 4) is 0 Å². The van der Waals surface area contributed by atoms with E-state index in [9.17, 15) is 18.0 Å². The third-order valence-electron chi connectivity index (χ3n) is 6.60. The Kier molecular flexibility index (Phi) is 9.33. The molecule has 3 rings (SSSR count). The highest BCUT2D eigenvalue weighted by Gasteiger charge is 2.31. The molecule has 0 aromatic heterocycles. The maximum Gasteiger partial charge on any atom is 0.243 e. The van der Waals surface area contributed by atoms with Gasteiger partial charge in [0.25, 0.3) is 0 Å². The van der Waals surface area contributed by atoms with Crippen molar-refractivity contribution in [3.63, 3.8) is 0 Å². The lowest BCUT2D eigenvalue weighted by molar-refractivity contribution is -0.141. The van der Waals surface area contributed by atoms with Crippen LogP contribution in [-0.4, -0.2) is 55.1 Å². The molecule has 1 atom stereocenters. The Balaban J connectivity index is 1.80. The lowest BCUT2D eigenvalue weighted by atomic mass is 9.95. The molecule has 0 bridgehead atoms. The van der Waals surface area contributed by atoms with Gasteiger partial charge in [0.15, 0.2) is 0 Å². The van der Waals surface area contributed by atoms with Gasteiger partial charge in [-0.1, -0.05) is 55.1 Å². The van der Waals surface area contributed by atoms with E-state index in [0.717, 1.165) is 41.1 Å². The minimum absolute atomic E-state index is 0.0470. The highest BCUT2D eigenvalue weighted by atomic mass is 35.5. The minimum Gasteiger partial charge on any atom is -0.352 e. The van der Waals surface area contributed by atoms with E-state index in [1.54, 1.807) is 6.92 Å². The summed E-state index contributed by atoms with van der Waals surface area (Å²) in [7, 11) is -2.55. The zero-order valence-electron chi connectivity index (χ0n) is 20.5. The molecule has 0 spiro atoms. The van der Waals surface area contributed by atoms with Gasteiger partial charge in [0.05, 0.1) is 11.4 Å². The second-order valence-electron chi connectivity index (χ2n) is 9.18. The van der Waals surface area contributed by atoms with E-state index in [2.05, 4.69) is 5.32 Å². The van der Waals surface area contributed by atoms with Gasteiger partial charge in [-0.3, -0.25) is 9.59 Å². The Morgan fingerprint density at radius 1 is 1.06 bits per heavy atom. The molecule has 2 amide bonds. The van der Waals surface area contributed by atoms with Gasteiger partial charge in [-0.05, 0) is 62.1 Å². The fourth-order valence-electron chi connectivity index (χ4n) is 4.28. The van der Waals surface area contributed by atoms with Crippen LogP contribution < -0.4 is 5.32 Å². The van der Waals surface area contributed by atoms with Crippen molar-refractivity contribution in [3.05, 3.63) is 64.7 Å². The molecule has 0 unspecified atom stereocenters. The predicted octanol–water partition coefficient (Wildman–Crippen LogP) is 4.14. The number of rotatable bonds is 9. The van der Waals surface area contributed by atoms with Gasteiger partial charge in [-0.15, -0.1) is 0 Å². The SMILES string of the molecule is Cc1ccccc1CN(C(=O)CN(C)S(=O)(=O)c1ccc(Cl)cc1)[C@@H](C)C(=O)NC1CCCCC1. The number of nitrogens with one attached hydrogen (secondary N) is 1. The molecular formula is C26H34ClN3O4S. The molecule has 2 aromatic carbocycles. The molecular weight excluding hydrogens is 486 g/mol. The van der Waals surface area contributed by atoms with Crippen LogP contribution >= 0.6 is 11.6 Å². The Morgan fingerprint density at radius 3 is 2.31 bits per heavy atom. The molecule has 1 fully saturated rings. The molecule has 9 heteroatoms. The first-order valence-electron chi connectivity index (χ1n) is 12.0. The molecule has 1 aliphatic rings. The maximum atomic E-state index is 13.5. The number of likely N-dealkylation sites (N-methyl/N-ethyl adjacent to an activating group) is 1. The first-order chi connectivity index (χ1) is 16.6. The summed E-state index contributed by atoms with van der Waals surface area (Å²) >= 11 is 5.88. The average Bonchev–Trinajstić information content (AvgIpc) is 2.84. The van der Waals surface area contributed by atoms with Gasteiger partial charge < -0.3 is 10.2 Å². The molecule has 0 heterocycles. The Morgan fingerprint density at radius 2 is 1.69 bits per heavy atom. The third kappa shape index (κ3) is 7.06. The molecule has 2 aromatic rings. The minimum atomic E-state index is -3.91. The first kappa shape index (κ1) is 27.2. The number of halogens is 1. The number of nitrogens with zero attached hydrogens (tertiary/aromatic N) is 2.